The Hall–Kier alpha value is -1.77. The van der Waals surface area contributed by atoms with E-state index >= 15 is 0 Å². The third-order valence-electron chi connectivity index (χ3n) is 1.70. The van der Waals surface area contributed by atoms with E-state index in [2.05, 4.69) is 6.58 Å². The largest absolute Gasteiger partial charge is 0.508 e. The van der Waals surface area contributed by atoms with Crippen LogP contribution in [0.2, 0.25) is 0 Å². The van der Waals surface area contributed by atoms with E-state index < -0.39 is 5.97 Å². The highest BCUT2D eigenvalue weighted by molar-refractivity contribution is 5.86. The molecule has 0 unspecified atom stereocenters. The van der Waals surface area contributed by atoms with Crippen LogP contribution >= 0.6 is 0 Å². The Labute approximate surface area is 76.0 Å². The van der Waals surface area contributed by atoms with E-state index in [0.29, 0.717) is 5.56 Å². The average molecular weight is 178 g/mol. The molecule has 1 aromatic rings. The minimum Gasteiger partial charge on any atom is -0.508 e. The van der Waals surface area contributed by atoms with Gasteiger partial charge in [-0.3, -0.25) is 0 Å². The zero-order valence-electron chi connectivity index (χ0n) is 7.03. The number of para-hydroxylation sites is 1. The van der Waals surface area contributed by atoms with Crippen LogP contribution in [0.25, 0.3) is 0 Å². The van der Waals surface area contributed by atoms with Crippen molar-refractivity contribution in [2.75, 3.05) is 0 Å². The molecule has 0 aromatic heterocycles. The fraction of sp³-hybridized carbons (Fsp3) is 0.100. The fourth-order valence-corrected chi connectivity index (χ4v) is 0.966. The lowest BCUT2D eigenvalue weighted by molar-refractivity contribution is -0.132. The summed E-state index contributed by atoms with van der Waals surface area (Å²) in [7, 11) is 0. The number of hydrogen-bond acceptors (Lipinski definition) is 2. The minimum absolute atomic E-state index is 0.0708. The Morgan fingerprint density at radius 2 is 2.00 bits per heavy atom. The van der Waals surface area contributed by atoms with Gasteiger partial charge in [-0.15, -0.1) is 0 Å². The van der Waals surface area contributed by atoms with Crippen molar-refractivity contribution in [3.05, 3.63) is 42.0 Å². The average Bonchev–Trinajstić information content (AvgIpc) is 2.08. The van der Waals surface area contributed by atoms with Crippen molar-refractivity contribution in [3.8, 4) is 5.75 Å². The van der Waals surface area contributed by atoms with E-state index in [1.54, 1.807) is 18.2 Å². The molecule has 13 heavy (non-hydrogen) atoms. The van der Waals surface area contributed by atoms with Crippen molar-refractivity contribution in [1.82, 2.24) is 0 Å². The number of benzene rings is 1. The first kappa shape index (κ1) is 9.32. The van der Waals surface area contributed by atoms with Crippen LogP contribution in [0.3, 0.4) is 0 Å². The predicted molar refractivity (Wildman–Crippen MR) is 48.6 cm³/mol. The van der Waals surface area contributed by atoms with Gasteiger partial charge in [-0.05, 0) is 11.6 Å². The number of rotatable bonds is 3. The molecule has 0 saturated heterocycles. The van der Waals surface area contributed by atoms with Gasteiger partial charge in [0, 0.05) is 12.0 Å². The van der Waals surface area contributed by atoms with Crippen LogP contribution in [0.15, 0.2) is 36.4 Å². The van der Waals surface area contributed by atoms with E-state index in [9.17, 15) is 9.90 Å². The molecular formula is C10H10O3. The maximum absolute atomic E-state index is 10.4. The monoisotopic (exact) mass is 178 g/mol. The number of phenols is 1. The van der Waals surface area contributed by atoms with Crippen molar-refractivity contribution < 1.29 is 15.0 Å². The Kier molecular flexibility index (Phi) is 2.69. The van der Waals surface area contributed by atoms with Crippen molar-refractivity contribution in [2.24, 2.45) is 0 Å². The number of aliphatic carboxylic acids is 1. The van der Waals surface area contributed by atoms with Gasteiger partial charge in [-0.1, -0.05) is 24.8 Å². The number of carbonyl (C=O) groups is 1. The highest BCUT2D eigenvalue weighted by Gasteiger charge is 2.07. The summed E-state index contributed by atoms with van der Waals surface area (Å²) >= 11 is 0. The molecule has 0 aliphatic heterocycles. The zero-order valence-corrected chi connectivity index (χ0v) is 7.03. The summed E-state index contributed by atoms with van der Waals surface area (Å²) in [6, 6.07) is 6.61. The lowest BCUT2D eigenvalue weighted by Crippen LogP contribution is -2.02. The number of aromatic hydroxyl groups is 1. The van der Waals surface area contributed by atoms with Crippen LogP contribution in [0.5, 0.6) is 5.75 Å². The van der Waals surface area contributed by atoms with Gasteiger partial charge in [-0.25, -0.2) is 4.79 Å². The SMILES string of the molecule is C=C(Cc1ccccc1O)C(=O)O. The van der Waals surface area contributed by atoms with Gasteiger partial charge in [0.05, 0.1) is 0 Å². The normalized spacial score (nSPS) is 9.54. The third kappa shape index (κ3) is 2.33. The van der Waals surface area contributed by atoms with Crippen molar-refractivity contribution in [1.29, 1.82) is 0 Å². The molecule has 1 rings (SSSR count). The number of hydrogen-bond donors (Lipinski definition) is 2. The third-order valence-corrected chi connectivity index (χ3v) is 1.70. The van der Waals surface area contributed by atoms with Gasteiger partial charge >= 0.3 is 5.97 Å². The molecule has 0 radical (unpaired) electrons. The van der Waals surface area contributed by atoms with E-state index in [1.807, 2.05) is 0 Å². The second kappa shape index (κ2) is 3.76. The van der Waals surface area contributed by atoms with Crippen LogP contribution in [0.4, 0.5) is 0 Å². The van der Waals surface area contributed by atoms with Gasteiger partial charge < -0.3 is 10.2 Å². The molecule has 2 N–H and O–H groups in total. The molecule has 0 aliphatic carbocycles. The summed E-state index contributed by atoms with van der Waals surface area (Å²) in [4.78, 5) is 10.4. The van der Waals surface area contributed by atoms with Crippen molar-refractivity contribution >= 4 is 5.97 Å². The summed E-state index contributed by atoms with van der Waals surface area (Å²) in [6.45, 7) is 3.38. The molecule has 3 nitrogen and oxygen atoms in total. The van der Waals surface area contributed by atoms with E-state index in [1.165, 1.54) is 6.07 Å². The first-order valence-corrected chi connectivity index (χ1v) is 3.79. The van der Waals surface area contributed by atoms with Crippen LogP contribution in [-0.2, 0) is 11.2 Å². The minimum atomic E-state index is -1.04. The Balaban J connectivity index is 2.81. The molecule has 0 saturated carbocycles. The predicted octanol–water partition coefficient (Wildman–Crippen LogP) is 1.58. The molecule has 0 bridgehead atoms. The van der Waals surface area contributed by atoms with E-state index in [0.717, 1.165) is 0 Å². The van der Waals surface area contributed by atoms with Crippen molar-refractivity contribution in [2.45, 2.75) is 6.42 Å². The summed E-state index contributed by atoms with van der Waals surface area (Å²) in [5, 5.41) is 17.9. The van der Waals surface area contributed by atoms with Gasteiger partial charge in [0.25, 0.3) is 0 Å². The van der Waals surface area contributed by atoms with E-state index in [4.69, 9.17) is 5.11 Å². The molecule has 68 valence electrons. The molecular weight excluding hydrogens is 168 g/mol. The van der Waals surface area contributed by atoms with Gasteiger partial charge in [-0.2, -0.15) is 0 Å². The maximum Gasteiger partial charge on any atom is 0.331 e. The molecule has 0 heterocycles. The summed E-state index contributed by atoms with van der Waals surface area (Å²) in [6.07, 6.45) is 0.169. The van der Waals surface area contributed by atoms with Gasteiger partial charge in [0.2, 0.25) is 0 Å². The second-order valence-electron chi connectivity index (χ2n) is 2.71. The zero-order chi connectivity index (χ0) is 9.84. The molecule has 0 spiro atoms. The lowest BCUT2D eigenvalue weighted by Gasteiger charge is -2.02. The number of phenolic OH excluding ortho intramolecular Hbond substituents is 1. The first-order chi connectivity index (χ1) is 6.11. The molecule has 0 aliphatic rings. The Morgan fingerprint density at radius 1 is 1.38 bits per heavy atom. The quantitative estimate of drug-likeness (QED) is 0.691. The van der Waals surface area contributed by atoms with Crippen LogP contribution in [-0.4, -0.2) is 16.2 Å². The topological polar surface area (TPSA) is 57.5 Å². The molecule has 0 amide bonds. The lowest BCUT2D eigenvalue weighted by atomic mass is 10.1. The van der Waals surface area contributed by atoms with Crippen LogP contribution < -0.4 is 0 Å². The highest BCUT2D eigenvalue weighted by Crippen LogP contribution is 2.18. The molecule has 1 aromatic carbocycles. The van der Waals surface area contributed by atoms with Crippen LogP contribution in [0, 0.1) is 0 Å². The standard InChI is InChI=1S/C10H10O3/c1-7(10(12)13)6-8-4-2-3-5-9(8)11/h2-5,11H,1,6H2,(H,12,13). The smallest absolute Gasteiger partial charge is 0.331 e. The van der Waals surface area contributed by atoms with Gasteiger partial charge in [0.1, 0.15) is 5.75 Å². The van der Waals surface area contributed by atoms with E-state index in [-0.39, 0.29) is 17.7 Å². The van der Waals surface area contributed by atoms with Crippen LogP contribution in [0.1, 0.15) is 5.56 Å². The number of carboxylic acids is 1. The van der Waals surface area contributed by atoms with Crippen molar-refractivity contribution in [3.63, 3.8) is 0 Å². The highest BCUT2D eigenvalue weighted by atomic mass is 16.4. The fourth-order valence-electron chi connectivity index (χ4n) is 0.966. The number of carboxylic acid groups (broad SMARTS) is 1. The second-order valence-corrected chi connectivity index (χ2v) is 2.71. The molecule has 0 atom stereocenters. The summed E-state index contributed by atoms with van der Waals surface area (Å²) in [5.41, 5.74) is 0.649. The maximum atomic E-state index is 10.4. The first-order valence-electron chi connectivity index (χ1n) is 3.79. The Morgan fingerprint density at radius 3 is 2.54 bits per heavy atom. The summed E-state index contributed by atoms with van der Waals surface area (Å²) < 4.78 is 0. The molecule has 3 heteroatoms. The summed E-state index contributed by atoms with van der Waals surface area (Å²) in [5.74, 6) is -0.937. The Bertz CT molecular complexity index is 342. The molecule has 0 fully saturated rings. The van der Waals surface area contributed by atoms with Gasteiger partial charge in [0.15, 0.2) is 0 Å².